The van der Waals surface area contributed by atoms with E-state index in [1.165, 1.54) is 12.3 Å². The normalized spacial score (nSPS) is 17.7. The molecule has 0 saturated carbocycles. The van der Waals surface area contributed by atoms with Gasteiger partial charge in [0.1, 0.15) is 0 Å². The fraction of sp³-hybridized carbons (Fsp3) is 0. The van der Waals surface area contributed by atoms with Crippen LogP contribution in [0.4, 0.5) is 0 Å². The molecule has 0 unspecified atom stereocenters. The van der Waals surface area contributed by atoms with Crippen LogP contribution in [0.15, 0.2) is 17.3 Å². The summed E-state index contributed by atoms with van der Waals surface area (Å²) in [6.07, 6.45) is 2.72. The Labute approximate surface area is 40.5 Å². The Kier molecular flexibility index (Phi) is 0.685. The Balaban J connectivity index is 2.89. The Morgan fingerprint density at radius 2 is 2.43 bits per heavy atom. The average Bonchev–Trinajstić information content (AvgIpc) is 1.91. The predicted octanol–water partition coefficient (Wildman–Crippen LogP) is -0.560. The van der Waals surface area contributed by atoms with E-state index >= 15 is 0 Å². The molecule has 0 saturated heterocycles. The van der Waals surface area contributed by atoms with Crippen LogP contribution in [0.2, 0.25) is 0 Å². The lowest BCUT2D eigenvalue weighted by Gasteiger charge is -1.78. The van der Waals surface area contributed by atoms with Gasteiger partial charge in [-0.1, -0.05) is 0 Å². The van der Waals surface area contributed by atoms with Crippen molar-refractivity contribution in [3.63, 3.8) is 0 Å². The minimum Gasteiger partial charge on any atom is -0.380 e. The fourth-order valence-corrected chi connectivity index (χ4v) is 0.334. The Morgan fingerprint density at radius 1 is 1.71 bits per heavy atom. The van der Waals surface area contributed by atoms with Crippen LogP contribution in [0.3, 0.4) is 0 Å². The highest BCUT2D eigenvalue weighted by atomic mass is 16.1. The lowest BCUT2D eigenvalue weighted by molar-refractivity contribution is -0.108. The molecule has 3 nitrogen and oxygen atoms in total. The second kappa shape index (κ2) is 1.18. The molecule has 0 radical (unpaired) electrons. The quantitative estimate of drug-likeness (QED) is 0.439. The molecule has 0 bridgehead atoms. The molecule has 36 valence electrons. The van der Waals surface area contributed by atoms with Crippen LogP contribution in [0.1, 0.15) is 0 Å². The highest BCUT2D eigenvalue weighted by Crippen LogP contribution is 1.88. The van der Waals surface area contributed by atoms with E-state index in [-0.39, 0.29) is 11.6 Å². The summed E-state index contributed by atoms with van der Waals surface area (Å²) in [5, 5.41) is 0. The summed E-state index contributed by atoms with van der Waals surface area (Å²) in [5.74, 6) is -0.111. The molecule has 0 aromatic heterocycles. The molecule has 0 aromatic carbocycles. The molecular formula is C4H4N2O. The van der Waals surface area contributed by atoms with Crippen molar-refractivity contribution in [2.45, 2.75) is 0 Å². The summed E-state index contributed by atoms with van der Waals surface area (Å²) >= 11 is 0. The third-order valence-electron chi connectivity index (χ3n) is 0.692. The Morgan fingerprint density at radius 3 is 2.57 bits per heavy atom. The number of aliphatic imine (C=N–C) groups is 1. The summed E-state index contributed by atoms with van der Waals surface area (Å²) in [5.41, 5.74) is 5.02. The summed E-state index contributed by atoms with van der Waals surface area (Å²) in [6, 6.07) is 0. The van der Waals surface area contributed by atoms with Gasteiger partial charge in [-0.25, -0.2) is 4.99 Å². The molecule has 0 atom stereocenters. The minimum absolute atomic E-state index is 0.0833. The molecule has 1 heterocycles. The van der Waals surface area contributed by atoms with E-state index in [1.54, 1.807) is 0 Å². The summed E-state index contributed by atoms with van der Waals surface area (Å²) in [6.45, 7) is 0. The zero-order valence-electron chi connectivity index (χ0n) is 3.59. The van der Waals surface area contributed by atoms with E-state index in [0.717, 1.165) is 0 Å². The van der Waals surface area contributed by atoms with Gasteiger partial charge < -0.3 is 5.73 Å². The van der Waals surface area contributed by atoms with E-state index in [9.17, 15) is 4.79 Å². The number of carbonyl (C=O) groups is 1. The molecule has 7 heavy (non-hydrogen) atoms. The van der Waals surface area contributed by atoms with Crippen LogP contribution >= 0.6 is 0 Å². The van der Waals surface area contributed by atoms with Gasteiger partial charge in [-0.05, 0) is 0 Å². The first-order chi connectivity index (χ1) is 3.30. The topological polar surface area (TPSA) is 55.4 Å². The lowest BCUT2D eigenvalue weighted by atomic mass is 10.4. The second-order valence-corrected chi connectivity index (χ2v) is 1.19. The maximum absolute atomic E-state index is 10.2. The molecule has 1 rings (SSSR count). The van der Waals surface area contributed by atoms with Gasteiger partial charge in [-0.15, -0.1) is 0 Å². The minimum atomic E-state index is -0.194. The second-order valence-electron chi connectivity index (χ2n) is 1.19. The van der Waals surface area contributed by atoms with Crippen molar-refractivity contribution in [1.29, 1.82) is 0 Å². The number of amidine groups is 1. The van der Waals surface area contributed by atoms with Crippen molar-refractivity contribution >= 4 is 11.6 Å². The maximum Gasteiger partial charge on any atom is 0.222 e. The average molecular weight is 96.1 g/mol. The molecule has 0 aliphatic carbocycles. The first-order valence-electron chi connectivity index (χ1n) is 1.85. The third-order valence-corrected chi connectivity index (χ3v) is 0.692. The Bertz CT molecular complexity index is 157. The van der Waals surface area contributed by atoms with Gasteiger partial charge in [-0.2, -0.15) is 0 Å². The van der Waals surface area contributed by atoms with Crippen molar-refractivity contribution in [2.24, 2.45) is 10.7 Å². The zero-order valence-corrected chi connectivity index (χ0v) is 3.59. The van der Waals surface area contributed by atoms with Crippen molar-refractivity contribution < 1.29 is 4.79 Å². The predicted molar refractivity (Wildman–Crippen MR) is 25.8 cm³/mol. The largest absolute Gasteiger partial charge is 0.380 e. The molecule has 1 aliphatic rings. The van der Waals surface area contributed by atoms with Gasteiger partial charge in [0.05, 0.1) is 0 Å². The smallest absolute Gasteiger partial charge is 0.222 e. The third kappa shape index (κ3) is 0.513. The van der Waals surface area contributed by atoms with E-state index < -0.39 is 0 Å². The first kappa shape index (κ1) is 4.05. The van der Waals surface area contributed by atoms with Crippen LogP contribution in [0.25, 0.3) is 0 Å². The first-order valence-corrected chi connectivity index (χ1v) is 1.85. The maximum atomic E-state index is 10.2. The molecule has 2 N–H and O–H groups in total. The monoisotopic (exact) mass is 96.0 g/mol. The summed E-state index contributed by atoms with van der Waals surface area (Å²) < 4.78 is 0. The van der Waals surface area contributed by atoms with Gasteiger partial charge in [0, 0.05) is 12.3 Å². The highest BCUT2D eigenvalue weighted by molar-refractivity contribution is 6.44. The SMILES string of the molecule is NC1=NC=CC1=O. The van der Waals surface area contributed by atoms with Crippen LogP contribution in [-0.4, -0.2) is 11.6 Å². The number of nitrogens with zero attached hydrogens (tertiary/aromatic N) is 1. The number of rotatable bonds is 0. The van der Waals surface area contributed by atoms with Gasteiger partial charge in [-0.3, -0.25) is 4.79 Å². The van der Waals surface area contributed by atoms with Crippen molar-refractivity contribution in [3.8, 4) is 0 Å². The fourth-order valence-electron chi connectivity index (χ4n) is 0.334. The Hall–Kier alpha value is -1.12. The molecular weight excluding hydrogens is 92.1 g/mol. The van der Waals surface area contributed by atoms with Gasteiger partial charge in [0.15, 0.2) is 5.84 Å². The zero-order chi connectivity index (χ0) is 5.28. The van der Waals surface area contributed by atoms with Crippen molar-refractivity contribution in [3.05, 3.63) is 12.3 Å². The van der Waals surface area contributed by atoms with Gasteiger partial charge >= 0.3 is 0 Å². The number of carbonyl (C=O) groups excluding carboxylic acids is 1. The van der Waals surface area contributed by atoms with E-state index in [1.807, 2.05) is 0 Å². The van der Waals surface area contributed by atoms with Crippen LogP contribution in [-0.2, 0) is 4.79 Å². The number of hydrogen-bond acceptors (Lipinski definition) is 3. The molecule has 0 amide bonds. The number of ketones is 1. The lowest BCUT2D eigenvalue weighted by Crippen LogP contribution is -2.17. The van der Waals surface area contributed by atoms with E-state index in [4.69, 9.17) is 5.73 Å². The van der Waals surface area contributed by atoms with Crippen molar-refractivity contribution in [2.75, 3.05) is 0 Å². The molecule has 3 heteroatoms. The highest BCUT2D eigenvalue weighted by Gasteiger charge is 2.04. The number of hydrogen-bond donors (Lipinski definition) is 1. The molecule has 1 aliphatic heterocycles. The van der Waals surface area contributed by atoms with Gasteiger partial charge in [0.2, 0.25) is 5.78 Å². The van der Waals surface area contributed by atoms with E-state index in [0.29, 0.717) is 0 Å². The van der Waals surface area contributed by atoms with E-state index in [2.05, 4.69) is 4.99 Å². The molecule has 0 fully saturated rings. The molecule has 0 aromatic rings. The van der Waals surface area contributed by atoms with Crippen LogP contribution in [0.5, 0.6) is 0 Å². The van der Waals surface area contributed by atoms with Crippen LogP contribution in [0, 0.1) is 0 Å². The van der Waals surface area contributed by atoms with Gasteiger partial charge in [0.25, 0.3) is 0 Å². The summed E-state index contributed by atoms with van der Waals surface area (Å²) in [4.78, 5) is 13.7. The van der Waals surface area contributed by atoms with Crippen molar-refractivity contribution in [1.82, 2.24) is 0 Å². The molecule has 0 spiro atoms. The number of nitrogens with two attached hydrogens (primary N) is 1. The summed E-state index contributed by atoms with van der Waals surface area (Å²) in [7, 11) is 0. The van der Waals surface area contributed by atoms with Crippen LogP contribution < -0.4 is 5.73 Å². The standard InChI is InChI=1S/C4H4N2O/c5-4-3(7)1-2-6-4/h1-2H,(H2,5,6,7).